The summed E-state index contributed by atoms with van der Waals surface area (Å²) in [6.07, 6.45) is 1.43. The van der Waals surface area contributed by atoms with Crippen LogP contribution >= 0.6 is 0 Å². The van der Waals surface area contributed by atoms with Crippen LogP contribution < -0.4 is 0 Å². The van der Waals surface area contributed by atoms with E-state index in [1.54, 1.807) is 4.68 Å². The van der Waals surface area contributed by atoms with Crippen LogP contribution in [0.25, 0.3) is 5.69 Å². The van der Waals surface area contributed by atoms with Crippen LogP contribution in [0, 0.1) is 0 Å². The largest absolute Gasteiger partial charge is 0.378 e. The second kappa shape index (κ2) is 6.36. The number of para-hydroxylation sites is 1. The fourth-order valence-electron chi connectivity index (χ4n) is 2.52. The van der Waals surface area contributed by atoms with E-state index in [4.69, 9.17) is 4.74 Å². The first-order valence-corrected chi connectivity index (χ1v) is 8.64. The minimum absolute atomic E-state index is 0.249. The molecule has 1 aromatic carbocycles. The molecule has 8 nitrogen and oxygen atoms in total. The lowest BCUT2D eigenvalue weighted by Gasteiger charge is -2.35. The van der Waals surface area contributed by atoms with E-state index in [0.29, 0.717) is 12.4 Å². The highest BCUT2D eigenvalue weighted by atomic mass is 32.2. The molecule has 1 saturated heterocycles. The van der Waals surface area contributed by atoms with Crippen LogP contribution in [0.15, 0.2) is 36.7 Å². The Kier molecular flexibility index (Phi) is 4.44. The van der Waals surface area contributed by atoms with Crippen LogP contribution in [0.1, 0.15) is 11.9 Å². The standard InChI is InChI=1S/C14H19N5O3S/c1-17(2)23(20,21)18-8-9-22-10-13(18)14-15-11-16-19(14)12-6-4-3-5-7-12/h3-7,11,13H,8-10H2,1-2H3. The van der Waals surface area contributed by atoms with Gasteiger partial charge in [-0.25, -0.2) is 9.67 Å². The zero-order chi connectivity index (χ0) is 16.4. The van der Waals surface area contributed by atoms with Gasteiger partial charge in [-0.15, -0.1) is 0 Å². The fourth-order valence-corrected chi connectivity index (χ4v) is 3.72. The van der Waals surface area contributed by atoms with E-state index >= 15 is 0 Å². The minimum Gasteiger partial charge on any atom is -0.378 e. The molecule has 0 spiro atoms. The maximum absolute atomic E-state index is 12.6. The average molecular weight is 337 g/mol. The van der Waals surface area contributed by atoms with Gasteiger partial charge in [-0.2, -0.15) is 22.1 Å². The molecule has 0 N–H and O–H groups in total. The highest BCUT2D eigenvalue weighted by Crippen LogP contribution is 2.27. The Morgan fingerprint density at radius 3 is 2.70 bits per heavy atom. The Morgan fingerprint density at radius 1 is 1.26 bits per heavy atom. The molecule has 1 atom stereocenters. The fraction of sp³-hybridized carbons (Fsp3) is 0.429. The molecule has 1 fully saturated rings. The minimum atomic E-state index is -3.57. The normalized spacial score (nSPS) is 20.0. The first-order valence-electron chi connectivity index (χ1n) is 7.24. The molecule has 1 unspecified atom stereocenters. The highest BCUT2D eigenvalue weighted by molar-refractivity contribution is 7.86. The lowest BCUT2D eigenvalue weighted by molar-refractivity contribution is 0.0261. The van der Waals surface area contributed by atoms with Crippen molar-refractivity contribution < 1.29 is 13.2 Å². The van der Waals surface area contributed by atoms with E-state index in [9.17, 15) is 8.42 Å². The number of hydrogen-bond acceptors (Lipinski definition) is 5. The van der Waals surface area contributed by atoms with Crippen molar-refractivity contribution in [1.29, 1.82) is 0 Å². The number of ether oxygens (including phenoxy) is 1. The number of rotatable bonds is 4. The van der Waals surface area contributed by atoms with Crippen molar-refractivity contribution in [3.8, 4) is 5.69 Å². The Bertz CT molecular complexity index is 760. The van der Waals surface area contributed by atoms with Crippen molar-refractivity contribution in [2.24, 2.45) is 0 Å². The number of hydrogen-bond donors (Lipinski definition) is 0. The van der Waals surface area contributed by atoms with Gasteiger partial charge in [0.2, 0.25) is 0 Å². The molecule has 3 rings (SSSR count). The van der Waals surface area contributed by atoms with E-state index in [1.807, 2.05) is 30.3 Å². The van der Waals surface area contributed by atoms with Gasteiger partial charge in [0.15, 0.2) is 5.82 Å². The zero-order valence-corrected chi connectivity index (χ0v) is 13.8. The van der Waals surface area contributed by atoms with Gasteiger partial charge in [0, 0.05) is 20.6 Å². The van der Waals surface area contributed by atoms with Crippen LogP contribution in [0.2, 0.25) is 0 Å². The average Bonchev–Trinajstić information content (AvgIpc) is 3.05. The van der Waals surface area contributed by atoms with Crippen LogP contribution in [-0.4, -0.2) is 65.6 Å². The molecule has 124 valence electrons. The summed E-state index contributed by atoms with van der Waals surface area (Å²) in [6.45, 7) is 0.897. The van der Waals surface area contributed by atoms with Gasteiger partial charge in [-0.3, -0.25) is 0 Å². The molecule has 0 bridgehead atoms. The molecular weight excluding hydrogens is 318 g/mol. The third-order valence-electron chi connectivity index (χ3n) is 3.71. The number of benzene rings is 1. The van der Waals surface area contributed by atoms with E-state index < -0.39 is 16.3 Å². The van der Waals surface area contributed by atoms with E-state index in [-0.39, 0.29) is 13.2 Å². The van der Waals surface area contributed by atoms with Crippen molar-refractivity contribution in [2.75, 3.05) is 33.9 Å². The molecule has 0 saturated carbocycles. The van der Waals surface area contributed by atoms with Gasteiger partial charge in [0.25, 0.3) is 10.2 Å². The second-order valence-corrected chi connectivity index (χ2v) is 7.45. The van der Waals surface area contributed by atoms with Crippen molar-refractivity contribution in [1.82, 2.24) is 23.4 Å². The van der Waals surface area contributed by atoms with Crippen molar-refractivity contribution in [3.05, 3.63) is 42.5 Å². The summed E-state index contributed by atoms with van der Waals surface area (Å²) >= 11 is 0. The van der Waals surface area contributed by atoms with Crippen LogP contribution in [0.5, 0.6) is 0 Å². The van der Waals surface area contributed by atoms with Gasteiger partial charge in [0.1, 0.15) is 12.4 Å². The molecule has 0 radical (unpaired) electrons. The topological polar surface area (TPSA) is 80.6 Å². The third kappa shape index (κ3) is 3.00. The monoisotopic (exact) mass is 337 g/mol. The number of morpholine rings is 1. The van der Waals surface area contributed by atoms with Gasteiger partial charge in [-0.05, 0) is 12.1 Å². The van der Waals surface area contributed by atoms with Gasteiger partial charge < -0.3 is 4.74 Å². The summed E-state index contributed by atoms with van der Waals surface area (Å²) < 4.78 is 34.9. The maximum atomic E-state index is 12.6. The highest BCUT2D eigenvalue weighted by Gasteiger charge is 2.38. The summed E-state index contributed by atoms with van der Waals surface area (Å²) in [5, 5.41) is 4.24. The second-order valence-electron chi connectivity index (χ2n) is 5.36. The van der Waals surface area contributed by atoms with Crippen molar-refractivity contribution >= 4 is 10.2 Å². The molecule has 23 heavy (non-hydrogen) atoms. The molecule has 1 aliphatic heterocycles. The molecule has 1 aromatic heterocycles. The summed E-state index contributed by atoms with van der Waals surface area (Å²) in [7, 11) is -0.533. The van der Waals surface area contributed by atoms with Crippen LogP contribution in [0.3, 0.4) is 0 Å². The Morgan fingerprint density at radius 2 is 2.00 bits per heavy atom. The maximum Gasteiger partial charge on any atom is 0.282 e. The number of nitrogens with zero attached hydrogens (tertiary/aromatic N) is 5. The first-order chi connectivity index (χ1) is 11.0. The molecule has 1 aliphatic rings. The van der Waals surface area contributed by atoms with Crippen LogP contribution in [-0.2, 0) is 14.9 Å². The number of aromatic nitrogens is 3. The summed E-state index contributed by atoms with van der Waals surface area (Å²) in [5.74, 6) is 0.543. The van der Waals surface area contributed by atoms with E-state index in [1.165, 1.54) is 29.0 Å². The lowest BCUT2D eigenvalue weighted by Crippen LogP contribution is -2.48. The molecule has 9 heteroatoms. The van der Waals surface area contributed by atoms with Crippen molar-refractivity contribution in [2.45, 2.75) is 6.04 Å². The van der Waals surface area contributed by atoms with Gasteiger partial charge in [-0.1, -0.05) is 18.2 Å². The smallest absolute Gasteiger partial charge is 0.282 e. The summed E-state index contributed by atoms with van der Waals surface area (Å²) in [6, 6.07) is 8.98. The van der Waals surface area contributed by atoms with E-state index in [0.717, 1.165) is 5.69 Å². The van der Waals surface area contributed by atoms with Crippen LogP contribution in [0.4, 0.5) is 0 Å². The summed E-state index contributed by atoms with van der Waals surface area (Å²) in [5.41, 5.74) is 0.827. The third-order valence-corrected chi connectivity index (χ3v) is 5.66. The molecule has 0 amide bonds. The van der Waals surface area contributed by atoms with E-state index in [2.05, 4.69) is 10.1 Å². The Hall–Kier alpha value is -1.81. The molecule has 2 heterocycles. The quantitative estimate of drug-likeness (QED) is 0.809. The SMILES string of the molecule is CN(C)S(=O)(=O)N1CCOCC1c1ncnn1-c1ccccc1. The molecule has 2 aromatic rings. The summed E-state index contributed by atoms with van der Waals surface area (Å²) in [4.78, 5) is 4.29. The predicted molar refractivity (Wildman–Crippen MR) is 84.2 cm³/mol. The Balaban J connectivity index is 2.02. The first kappa shape index (κ1) is 16.1. The van der Waals surface area contributed by atoms with Gasteiger partial charge in [0.05, 0.1) is 18.9 Å². The zero-order valence-electron chi connectivity index (χ0n) is 13.0. The lowest BCUT2D eigenvalue weighted by atomic mass is 10.2. The molecular formula is C14H19N5O3S. The molecule has 0 aliphatic carbocycles. The predicted octanol–water partition coefficient (Wildman–Crippen LogP) is 0.447. The Labute approximate surface area is 135 Å². The van der Waals surface area contributed by atoms with Gasteiger partial charge >= 0.3 is 0 Å². The van der Waals surface area contributed by atoms with Crippen molar-refractivity contribution in [3.63, 3.8) is 0 Å².